The van der Waals surface area contributed by atoms with Crippen molar-refractivity contribution in [2.45, 2.75) is 44.7 Å². The fraction of sp³-hybridized carbons (Fsp3) is 0.125. The van der Waals surface area contributed by atoms with Crippen molar-refractivity contribution in [1.29, 1.82) is 0 Å². The van der Waals surface area contributed by atoms with E-state index in [9.17, 15) is 27.6 Å². The van der Waals surface area contributed by atoms with Crippen LogP contribution in [0.15, 0.2) is 117 Å². The summed E-state index contributed by atoms with van der Waals surface area (Å²) >= 11 is 1.20. The molecule has 5 N–H and O–H groups in total. The van der Waals surface area contributed by atoms with E-state index in [4.69, 9.17) is 10.2 Å². The number of carboxylic acids is 2. The minimum absolute atomic E-state index is 0.153. The third-order valence-corrected chi connectivity index (χ3v) is 11.5. The number of aliphatic carboxylic acids is 2. The van der Waals surface area contributed by atoms with Gasteiger partial charge in [-0.25, -0.2) is 8.42 Å². The molecular formula is C32H29N3O8S4. The van der Waals surface area contributed by atoms with Gasteiger partial charge in [0.05, 0.1) is 16.0 Å². The van der Waals surface area contributed by atoms with Crippen molar-refractivity contribution < 1.29 is 37.8 Å². The van der Waals surface area contributed by atoms with Crippen LogP contribution in [0.2, 0.25) is 0 Å². The van der Waals surface area contributed by atoms with Crippen LogP contribution in [0.4, 0.5) is 11.4 Å². The average Bonchev–Trinajstić information content (AvgIpc) is 3.04. The van der Waals surface area contributed by atoms with E-state index in [2.05, 4.69) is 15.4 Å². The molecule has 244 valence electrons. The SMILES string of the molecule is CC(Sc1ccc(NC(=O)c2ccccc2SSc2ccccc2C(=O)Nc2ccc(S(=O)(=O)N[C@@H](C)C(=O)O)cc2)cc1)C(=O)O. The Morgan fingerprint density at radius 1 is 0.638 bits per heavy atom. The minimum atomic E-state index is -4.08. The van der Waals surface area contributed by atoms with E-state index < -0.39 is 39.2 Å². The van der Waals surface area contributed by atoms with Crippen LogP contribution < -0.4 is 15.4 Å². The van der Waals surface area contributed by atoms with Gasteiger partial charge in [-0.15, -0.1) is 11.8 Å². The molecule has 4 aromatic rings. The van der Waals surface area contributed by atoms with Gasteiger partial charge in [-0.1, -0.05) is 45.9 Å². The maximum Gasteiger partial charge on any atom is 0.321 e. The number of thioether (sulfide) groups is 1. The molecule has 0 aromatic heterocycles. The van der Waals surface area contributed by atoms with E-state index in [0.717, 1.165) is 4.90 Å². The van der Waals surface area contributed by atoms with Crippen LogP contribution in [0.25, 0.3) is 0 Å². The van der Waals surface area contributed by atoms with E-state index in [1.165, 1.54) is 64.5 Å². The first kappa shape index (κ1) is 35.6. The minimum Gasteiger partial charge on any atom is -0.480 e. The zero-order chi connectivity index (χ0) is 34.1. The molecule has 0 aliphatic rings. The molecular weight excluding hydrogens is 683 g/mol. The van der Waals surface area contributed by atoms with Gasteiger partial charge in [-0.2, -0.15) is 4.72 Å². The Bertz CT molecular complexity index is 1890. The molecule has 0 radical (unpaired) electrons. The summed E-state index contributed by atoms with van der Waals surface area (Å²) in [6, 6.07) is 24.9. The molecule has 2 atom stereocenters. The molecule has 0 spiro atoms. The lowest BCUT2D eigenvalue weighted by molar-refractivity contribution is -0.138. The van der Waals surface area contributed by atoms with Gasteiger partial charge in [0.15, 0.2) is 0 Å². The lowest BCUT2D eigenvalue weighted by Gasteiger charge is -2.13. The monoisotopic (exact) mass is 711 g/mol. The Hall–Kier alpha value is -4.28. The van der Waals surface area contributed by atoms with Crippen molar-refractivity contribution in [1.82, 2.24) is 4.72 Å². The highest BCUT2D eigenvalue weighted by Crippen LogP contribution is 2.41. The zero-order valence-electron chi connectivity index (χ0n) is 24.9. The summed E-state index contributed by atoms with van der Waals surface area (Å²) < 4.78 is 27.0. The molecule has 11 nitrogen and oxygen atoms in total. The molecule has 0 saturated carbocycles. The summed E-state index contributed by atoms with van der Waals surface area (Å²) in [6.45, 7) is 2.81. The van der Waals surface area contributed by atoms with Crippen LogP contribution >= 0.6 is 33.3 Å². The van der Waals surface area contributed by atoms with Crippen LogP contribution in [0, 0.1) is 0 Å². The lowest BCUT2D eigenvalue weighted by atomic mass is 10.2. The second kappa shape index (κ2) is 16.0. The zero-order valence-corrected chi connectivity index (χ0v) is 28.1. The number of carbonyl (C=O) groups excluding carboxylic acids is 2. The number of hydrogen-bond acceptors (Lipinski definition) is 9. The van der Waals surface area contributed by atoms with Gasteiger partial charge < -0.3 is 20.8 Å². The number of nitrogens with one attached hydrogen (secondary N) is 3. The first-order valence-corrected chi connectivity index (χ1v) is 18.4. The van der Waals surface area contributed by atoms with Gasteiger partial charge in [-0.05, 0) is 86.6 Å². The number of rotatable bonds is 14. The standard InChI is InChI=1S/C32H29N3O8S4/c1-19(31(38)39)35-47(42,43)24-17-13-22(14-18-24)34-30(37)26-8-4-6-10-28(26)46-45-27-9-5-3-7-25(27)29(36)33-21-11-15-23(16-12-21)44-20(2)32(40)41/h3-20,35H,1-2H3,(H,33,36)(H,34,37)(H,38,39)(H,40,41)/t19-,20?/m0/s1. The van der Waals surface area contributed by atoms with Crippen molar-refractivity contribution in [2.75, 3.05) is 10.6 Å². The predicted molar refractivity (Wildman–Crippen MR) is 184 cm³/mol. The molecule has 0 aliphatic heterocycles. The normalized spacial score (nSPS) is 12.5. The first-order chi connectivity index (χ1) is 22.3. The molecule has 0 fully saturated rings. The summed E-state index contributed by atoms with van der Waals surface area (Å²) in [5.74, 6) is -3.00. The molecule has 0 saturated heterocycles. The first-order valence-electron chi connectivity index (χ1n) is 13.8. The summed E-state index contributed by atoms with van der Waals surface area (Å²) in [7, 11) is -1.48. The molecule has 2 amide bonds. The number of hydrogen-bond donors (Lipinski definition) is 5. The average molecular weight is 712 g/mol. The van der Waals surface area contributed by atoms with Gasteiger partial charge in [-0.3, -0.25) is 19.2 Å². The summed E-state index contributed by atoms with van der Waals surface area (Å²) in [5.41, 5.74) is 1.66. The van der Waals surface area contributed by atoms with Gasteiger partial charge >= 0.3 is 11.9 Å². The van der Waals surface area contributed by atoms with Crippen LogP contribution in [-0.4, -0.2) is 53.7 Å². The molecule has 4 rings (SSSR count). The largest absolute Gasteiger partial charge is 0.480 e. The number of sulfonamides is 1. The van der Waals surface area contributed by atoms with Crippen molar-refractivity contribution in [3.05, 3.63) is 108 Å². The Morgan fingerprint density at radius 2 is 1.09 bits per heavy atom. The second-order valence-corrected chi connectivity index (χ2v) is 15.2. The molecule has 0 heterocycles. The molecule has 47 heavy (non-hydrogen) atoms. The van der Waals surface area contributed by atoms with E-state index in [-0.39, 0.29) is 10.8 Å². The Morgan fingerprint density at radius 3 is 1.53 bits per heavy atom. The third-order valence-electron chi connectivity index (χ3n) is 6.38. The number of benzene rings is 4. The maximum absolute atomic E-state index is 13.2. The third kappa shape index (κ3) is 9.86. The highest BCUT2D eigenvalue weighted by atomic mass is 33.1. The highest BCUT2D eigenvalue weighted by Gasteiger charge is 2.22. The Kier molecular flexibility index (Phi) is 12.1. The summed E-state index contributed by atoms with van der Waals surface area (Å²) in [6.07, 6.45) is 0. The number of carbonyl (C=O) groups is 4. The topological polar surface area (TPSA) is 179 Å². The smallest absolute Gasteiger partial charge is 0.321 e. The van der Waals surface area contributed by atoms with E-state index in [0.29, 0.717) is 32.3 Å². The molecule has 0 bridgehead atoms. The Balaban J connectivity index is 1.41. The van der Waals surface area contributed by atoms with Crippen molar-refractivity contribution in [3.8, 4) is 0 Å². The van der Waals surface area contributed by atoms with Gasteiger partial charge in [0.2, 0.25) is 10.0 Å². The second-order valence-electron chi connectivity index (χ2n) is 9.90. The van der Waals surface area contributed by atoms with Crippen LogP contribution in [-0.2, 0) is 19.6 Å². The van der Waals surface area contributed by atoms with Crippen LogP contribution in [0.3, 0.4) is 0 Å². The number of carboxylic acid groups (broad SMARTS) is 2. The fourth-order valence-electron chi connectivity index (χ4n) is 3.88. The fourth-order valence-corrected chi connectivity index (χ4v) is 8.24. The maximum atomic E-state index is 13.2. The Labute approximate surface area is 283 Å². The number of anilines is 2. The van der Waals surface area contributed by atoms with Crippen LogP contribution in [0.5, 0.6) is 0 Å². The quantitative estimate of drug-likeness (QED) is 0.0731. The lowest BCUT2D eigenvalue weighted by Crippen LogP contribution is -2.38. The molecule has 15 heteroatoms. The van der Waals surface area contributed by atoms with Gasteiger partial charge in [0.25, 0.3) is 11.8 Å². The summed E-state index contributed by atoms with van der Waals surface area (Å²) in [5, 5.41) is 23.1. The predicted octanol–water partition coefficient (Wildman–Crippen LogP) is 6.31. The van der Waals surface area contributed by atoms with Gasteiger partial charge in [0, 0.05) is 26.1 Å². The summed E-state index contributed by atoms with van der Waals surface area (Å²) in [4.78, 5) is 50.5. The van der Waals surface area contributed by atoms with Gasteiger partial charge in [0.1, 0.15) is 11.3 Å². The van der Waals surface area contributed by atoms with E-state index in [1.54, 1.807) is 79.7 Å². The van der Waals surface area contributed by atoms with E-state index in [1.807, 2.05) is 0 Å². The number of amides is 2. The molecule has 0 aliphatic carbocycles. The van der Waals surface area contributed by atoms with Crippen LogP contribution in [0.1, 0.15) is 34.6 Å². The molecule has 1 unspecified atom stereocenters. The van der Waals surface area contributed by atoms with E-state index >= 15 is 0 Å². The van der Waals surface area contributed by atoms with Crippen molar-refractivity contribution in [3.63, 3.8) is 0 Å². The highest BCUT2D eigenvalue weighted by molar-refractivity contribution is 8.76. The van der Waals surface area contributed by atoms with Crippen molar-refractivity contribution in [2.24, 2.45) is 0 Å². The molecule has 4 aromatic carbocycles. The van der Waals surface area contributed by atoms with Crippen molar-refractivity contribution >= 4 is 78.5 Å².